The lowest BCUT2D eigenvalue weighted by molar-refractivity contribution is -0.00702. The standard InChI is InChI=1S/C16H23N7O2/c1-10-8-12-13(11(2)25-10)18-19-14(12)15(24)22-4-6-23(7-5-22)16-20-17-9-21(16)3/h9-11H,4-8H2,1-3H3,(H,18,19)/t10-,11+/m1/s1. The second-order valence-electron chi connectivity index (χ2n) is 6.78. The molecule has 0 saturated carbocycles. The highest BCUT2D eigenvalue weighted by Crippen LogP contribution is 2.30. The van der Waals surface area contributed by atoms with Gasteiger partial charge in [0, 0.05) is 45.2 Å². The van der Waals surface area contributed by atoms with Crippen LogP contribution in [0.5, 0.6) is 0 Å². The lowest BCUT2D eigenvalue weighted by Gasteiger charge is -2.35. The molecule has 9 heteroatoms. The zero-order chi connectivity index (χ0) is 17.6. The number of H-pyrrole nitrogens is 1. The normalized spacial score (nSPS) is 23.6. The maximum absolute atomic E-state index is 13.0. The smallest absolute Gasteiger partial charge is 0.274 e. The van der Waals surface area contributed by atoms with Crippen molar-refractivity contribution in [1.82, 2.24) is 29.9 Å². The summed E-state index contributed by atoms with van der Waals surface area (Å²) in [6.45, 7) is 6.78. The largest absolute Gasteiger partial charge is 0.369 e. The van der Waals surface area contributed by atoms with Crippen LogP contribution in [0.3, 0.4) is 0 Å². The van der Waals surface area contributed by atoms with Gasteiger partial charge in [0.25, 0.3) is 5.91 Å². The summed E-state index contributed by atoms with van der Waals surface area (Å²) in [5.74, 6) is 0.834. The molecule has 2 aliphatic heterocycles. The fourth-order valence-corrected chi connectivity index (χ4v) is 3.67. The summed E-state index contributed by atoms with van der Waals surface area (Å²) in [5, 5.41) is 15.4. The van der Waals surface area contributed by atoms with Crippen LogP contribution in [0, 0.1) is 0 Å². The first-order chi connectivity index (χ1) is 12.0. The molecule has 0 aliphatic carbocycles. The lowest BCUT2D eigenvalue weighted by Crippen LogP contribution is -2.49. The predicted molar refractivity (Wildman–Crippen MR) is 90.4 cm³/mol. The molecule has 1 N–H and O–H groups in total. The number of ether oxygens (including phenoxy) is 1. The number of nitrogens with one attached hydrogen (secondary N) is 1. The Hall–Kier alpha value is -2.42. The quantitative estimate of drug-likeness (QED) is 0.853. The maximum Gasteiger partial charge on any atom is 0.274 e. The van der Waals surface area contributed by atoms with Crippen LogP contribution in [0.2, 0.25) is 0 Å². The van der Waals surface area contributed by atoms with E-state index in [2.05, 4.69) is 25.3 Å². The number of aromatic nitrogens is 5. The van der Waals surface area contributed by atoms with E-state index in [0.717, 1.165) is 36.7 Å². The number of hydrogen-bond acceptors (Lipinski definition) is 6. The van der Waals surface area contributed by atoms with Crippen molar-refractivity contribution in [1.29, 1.82) is 0 Å². The summed E-state index contributed by atoms with van der Waals surface area (Å²) < 4.78 is 7.69. The molecule has 1 saturated heterocycles. The molecule has 0 unspecified atom stereocenters. The number of aryl methyl sites for hydroxylation is 1. The van der Waals surface area contributed by atoms with Gasteiger partial charge in [-0.1, -0.05) is 0 Å². The third kappa shape index (κ3) is 2.78. The molecule has 0 spiro atoms. The molecule has 2 atom stereocenters. The minimum absolute atomic E-state index is 0.00332. The Kier molecular flexibility index (Phi) is 3.95. The van der Waals surface area contributed by atoms with Crippen molar-refractivity contribution in [2.24, 2.45) is 7.05 Å². The first-order valence-corrected chi connectivity index (χ1v) is 8.65. The van der Waals surface area contributed by atoms with E-state index in [1.807, 2.05) is 30.4 Å². The number of amides is 1. The maximum atomic E-state index is 13.0. The molecule has 2 aromatic heterocycles. The molecule has 2 aromatic rings. The van der Waals surface area contributed by atoms with Gasteiger partial charge in [-0.05, 0) is 13.8 Å². The van der Waals surface area contributed by atoms with Crippen molar-refractivity contribution in [2.45, 2.75) is 32.5 Å². The van der Waals surface area contributed by atoms with Crippen LogP contribution < -0.4 is 4.90 Å². The SMILES string of the molecule is C[C@@H]1Cc2c(C(=O)N3CCN(c4nncn4C)CC3)n[nH]c2[C@H](C)O1. The van der Waals surface area contributed by atoms with Crippen LogP contribution in [-0.4, -0.2) is 68.1 Å². The highest BCUT2D eigenvalue weighted by atomic mass is 16.5. The molecule has 1 fully saturated rings. The molecule has 1 amide bonds. The topological polar surface area (TPSA) is 92.2 Å². The van der Waals surface area contributed by atoms with Gasteiger partial charge in [0.2, 0.25) is 5.95 Å². The molecule has 0 radical (unpaired) electrons. The molecule has 134 valence electrons. The van der Waals surface area contributed by atoms with Gasteiger partial charge < -0.3 is 19.1 Å². The number of hydrogen-bond donors (Lipinski definition) is 1. The number of rotatable bonds is 2. The summed E-state index contributed by atoms with van der Waals surface area (Å²) in [6.07, 6.45) is 2.45. The van der Waals surface area contributed by atoms with Crippen LogP contribution in [0.25, 0.3) is 0 Å². The molecule has 9 nitrogen and oxygen atoms in total. The molecular formula is C16H23N7O2. The highest BCUT2D eigenvalue weighted by molar-refractivity contribution is 5.94. The fraction of sp³-hybridized carbons (Fsp3) is 0.625. The molecule has 25 heavy (non-hydrogen) atoms. The van der Waals surface area contributed by atoms with E-state index >= 15 is 0 Å². The first-order valence-electron chi connectivity index (χ1n) is 8.65. The van der Waals surface area contributed by atoms with Gasteiger partial charge in [0.15, 0.2) is 5.69 Å². The minimum Gasteiger partial charge on any atom is -0.369 e. The number of carbonyl (C=O) groups excluding carboxylic acids is 1. The Balaban J connectivity index is 1.47. The second-order valence-corrected chi connectivity index (χ2v) is 6.78. The van der Waals surface area contributed by atoms with Gasteiger partial charge in [-0.3, -0.25) is 9.89 Å². The highest BCUT2D eigenvalue weighted by Gasteiger charge is 2.32. The molecule has 0 aromatic carbocycles. The van der Waals surface area contributed by atoms with E-state index in [1.165, 1.54) is 0 Å². The zero-order valence-electron chi connectivity index (χ0n) is 14.8. The Morgan fingerprint density at radius 1 is 1.28 bits per heavy atom. The van der Waals surface area contributed by atoms with Gasteiger partial charge in [-0.15, -0.1) is 10.2 Å². The van der Waals surface area contributed by atoms with Crippen molar-refractivity contribution in [3.63, 3.8) is 0 Å². The molecule has 2 aliphatic rings. The number of carbonyl (C=O) groups is 1. The average Bonchev–Trinajstić information content (AvgIpc) is 3.21. The Morgan fingerprint density at radius 3 is 2.72 bits per heavy atom. The van der Waals surface area contributed by atoms with E-state index < -0.39 is 0 Å². The van der Waals surface area contributed by atoms with Gasteiger partial charge >= 0.3 is 0 Å². The molecular weight excluding hydrogens is 322 g/mol. The Morgan fingerprint density at radius 2 is 2.04 bits per heavy atom. The second kappa shape index (κ2) is 6.14. The molecule has 0 bridgehead atoms. The molecule has 4 rings (SSSR count). The number of piperazine rings is 1. The van der Waals surface area contributed by atoms with Gasteiger partial charge in [-0.2, -0.15) is 5.10 Å². The summed E-state index contributed by atoms with van der Waals surface area (Å²) in [6, 6.07) is 0. The third-order valence-corrected chi connectivity index (χ3v) is 4.97. The fourth-order valence-electron chi connectivity index (χ4n) is 3.67. The van der Waals surface area contributed by atoms with Crippen molar-refractivity contribution in [3.05, 3.63) is 23.3 Å². The van der Waals surface area contributed by atoms with Gasteiger partial charge in [-0.25, -0.2) is 0 Å². The van der Waals surface area contributed by atoms with E-state index in [0.29, 0.717) is 18.8 Å². The van der Waals surface area contributed by atoms with E-state index in [4.69, 9.17) is 4.74 Å². The van der Waals surface area contributed by atoms with Crippen molar-refractivity contribution < 1.29 is 9.53 Å². The average molecular weight is 345 g/mol. The van der Waals surface area contributed by atoms with Gasteiger partial charge in [0.05, 0.1) is 17.9 Å². The van der Waals surface area contributed by atoms with Crippen LogP contribution >= 0.6 is 0 Å². The predicted octanol–water partition coefficient (Wildman–Crippen LogP) is 0.523. The summed E-state index contributed by atoms with van der Waals surface area (Å²) in [7, 11) is 1.92. The summed E-state index contributed by atoms with van der Waals surface area (Å²) in [5.41, 5.74) is 2.48. The number of nitrogens with zero attached hydrogens (tertiary/aromatic N) is 6. The molecule has 4 heterocycles. The van der Waals surface area contributed by atoms with E-state index in [-0.39, 0.29) is 18.1 Å². The summed E-state index contributed by atoms with van der Waals surface area (Å²) >= 11 is 0. The van der Waals surface area contributed by atoms with Crippen LogP contribution in [0.1, 0.15) is 41.7 Å². The van der Waals surface area contributed by atoms with E-state index in [9.17, 15) is 4.79 Å². The van der Waals surface area contributed by atoms with Crippen LogP contribution in [0.15, 0.2) is 6.33 Å². The van der Waals surface area contributed by atoms with Crippen molar-refractivity contribution in [3.8, 4) is 0 Å². The van der Waals surface area contributed by atoms with Gasteiger partial charge in [0.1, 0.15) is 6.33 Å². The van der Waals surface area contributed by atoms with Crippen LogP contribution in [0.4, 0.5) is 5.95 Å². The number of fused-ring (bicyclic) bond motifs is 1. The van der Waals surface area contributed by atoms with Crippen LogP contribution in [-0.2, 0) is 18.2 Å². The third-order valence-electron chi connectivity index (χ3n) is 4.97. The Labute approximate surface area is 146 Å². The number of anilines is 1. The first kappa shape index (κ1) is 16.1. The Bertz CT molecular complexity index is 775. The lowest BCUT2D eigenvalue weighted by atomic mass is 9.99. The minimum atomic E-state index is -0.0550. The van der Waals surface area contributed by atoms with Crippen molar-refractivity contribution >= 4 is 11.9 Å². The monoisotopic (exact) mass is 345 g/mol. The zero-order valence-corrected chi connectivity index (χ0v) is 14.8. The summed E-state index contributed by atoms with van der Waals surface area (Å²) in [4.78, 5) is 17.0. The number of aromatic amines is 1. The van der Waals surface area contributed by atoms with Crippen molar-refractivity contribution in [2.75, 3.05) is 31.1 Å². The van der Waals surface area contributed by atoms with E-state index in [1.54, 1.807) is 6.33 Å².